The van der Waals surface area contributed by atoms with E-state index in [1.54, 1.807) is 4.68 Å². The zero-order chi connectivity index (χ0) is 12.3. The molecule has 0 saturated carbocycles. The molecule has 17 heavy (non-hydrogen) atoms. The summed E-state index contributed by atoms with van der Waals surface area (Å²) in [5.41, 5.74) is 6.92. The molecule has 0 spiro atoms. The molecule has 0 aliphatic carbocycles. The lowest BCUT2D eigenvalue weighted by molar-refractivity contribution is -0.0161. The first kappa shape index (κ1) is 12.0. The lowest BCUT2D eigenvalue weighted by Gasteiger charge is -2.35. The third-order valence-electron chi connectivity index (χ3n) is 3.02. The topological polar surface area (TPSA) is 80.1 Å². The van der Waals surface area contributed by atoms with E-state index in [4.69, 9.17) is 15.7 Å². The van der Waals surface area contributed by atoms with Crippen LogP contribution >= 0.6 is 0 Å². The van der Waals surface area contributed by atoms with Crippen molar-refractivity contribution in [1.82, 2.24) is 14.7 Å². The van der Waals surface area contributed by atoms with Crippen LogP contribution in [0, 0.1) is 11.3 Å². The molecular weight excluding hydrogens is 218 g/mol. The third-order valence-corrected chi connectivity index (χ3v) is 3.02. The number of aryl methyl sites for hydroxylation is 1. The fourth-order valence-corrected chi connectivity index (χ4v) is 2.14. The summed E-state index contributed by atoms with van der Waals surface area (Å²) in [6, 6.07) is 2.26. The number of hydrogen-bond donors (Lipinski definition) is 1. The molecule has 1 saturated heterocycles. The fourth-order valence-electron chi connectivity index (χ4n) is 2.14. The van der Waals surface area contributed by atoms with Crippen molar-refractivity contribution in [2.24, 2.45) is 12.8 Å². The van der Waals surface area contributed by atoms with Crippen molar-refractivity contribution in [1.29, 1.82) is 5.26 Å². The van der Waals surface area contributed by atoms with Crippen molar-refractivity contribution >= 4 is 0 Å². The Morgan fingerprint density at radius 1 is 1.76 bits per heavy atom. The predicted octanol–water partition coefficient (Wildman–Crippen LogP) is -0.356. The maximum absolute atomic E-state index is 8.89. The van der Waals surface area contributed by atoms with Gasteiger partial charge in [-0.05, 0) is 0 Å². The number of nitrogens with two attached hydrogens (primary N) is 1. The normalized spacial score (nSPS) is 23.2. The van der Waals surface area contributed by atoms with Crippen LogP contribution in [0.2, 0.25) is 0 Å². The van der Waals surface area contributed by atoms with Crippen LogP contribution < -0.4 is 5.73 Å². The maximum Gasteiger partial charge on any atom is 0.156 e. The third kappa shape index (κ3) is 2.64. The highest BCUT2D eigenvalue weighted by molar-refractivity contribution is 5.12. The molecule has 92 valence electrons. The van der Waals surface area contributed by atoms with E-state index >= 15 is 0 Å². The number of ether oxygens (including phenoxy) is 1. The second-order valence-electron chi connectivity index (χ2n) is 4.18. The van der Waals surface area contributed by atoms with Gasteiger partial charge in [0, 0.05) is 38.4 Å². The molecule has 2 atom stereocenters. The molecule has 2 unspecified atom stereocenters. The van der Waals surface area contributed by atoms with Crippen molar-refractivity contribution in [2.75, 3.05) is 26.2 Å². The van der Waals surface area contributed by atoms with Gasteiger partial charge in [-0.25, -0.2) is 0 Å². The molecule has 0 amide bonds. The van der Waals surface area contributed by atoms with Gasteiger partial charge in [-0.15, -0.1) is 0 Å². The van der Waals surface area contributed by atoms with Crippen molar-refractivity contribution in [2.45, 2.75) is 12.1 Å². The average molecular weight is 235 g/mol. The van der Waals surface area contributed by atoms with E-state index in [1.807, 2.05) is 19.4 Å². The Bertz CT molecular complexity index is 410. The number of aromatic nitrogens is 2. The zero-order valence-electron chi connectivity index (χ0n) is 9.91. The summed E-state index contributed by atoms with van der Waals surface area (Å²) in [5.74, 6) is 0. The monoisotopic (exact) mass is 235 g/mol. The van der Waals surface area contributed by atoms with Gasteiger partial charge in [0.05, 0.1) is 24.9 Å². The molecule has 1 aliphatic rings. The van der Waals surface area contributed by atoms with Crippen molar-refractivity contribution < 1.29 is 4.74 Å². The van der Waals surface area contributed by atoms with Gasteiger partial charge in [0.25, 0.3) is 0 Å². The molecule has 6 heteroatoms. The van der Waals surface area contributed by atoms with Gasteiger partial charge in [0.2, 0.25) is 0 Å². The smallest absolute Gasteiger partial charge is 0.156 e. The van der Waals surface area contributed by atoms with E-state index in [0.29, 0.717) is 19.7 Å². The van der Waals surface area contributed by atoms with Gasteiger partial charge >= 0.3 is 0 Å². The van der Waals surface area contributed by atoms with Gasteiger partial charge < -0.3 is 10.5 Å². The highest BCUT2D eigenvalue weighted by Gasteiger charge is 2.27. The molecular formula is C11H17N5O. The summed E-state index contributed by atoms with van der Waals surface area (Å²) < 4.78 is 7.09. The molecule has 2 rings (SSSR count). The first-order valence-corrected chi connectivity index (χ1v) is 5.68. The van der Waals surface area contributed by atoms with E-state index in [9.17, 15) is 0 Å². The van der Waals surface area contributed by atoms with Crippen molar-refractivity contribution in [3.05, 3.63) is 18.0 Å². The highest BCUT2D eigenvalue weighted by Crippen LogP contribution is 2.21. The van der Waals surface area contributed by atoms with Crippen LogP contribution in [0.4, 0.5) is 0 Å². The molecule has 0 bridgehead atoms. The Kier molecular flexibility index (Phi) is 3.74. The van der Waals surface area contributed by atoms with Crippen LogP contribution in [-0.4, -0.2) is 47.0 Å². The Morgan fingerprint density at radius 3 is 3.18 bits per heavy atom. The standard InChI is InChI=1S/C11H17N5O/c1-15-7-9(6-14-15)11(5-13)16-2-3-17-10(4-12)8-16/h6-7,10-11H,2-3,5,8,13H2,1H3. The van der Waals surface area contributed by atoms with Gasteiger partial charge in [-0.1, -0.05) is 0 Å². The first-order valence-electron chi connectivity index (χ1n) is 5.68. The quantitative estimate of drug-likeness (QED) is 0.774. The van der Waals surface area contributed by atoms with Crippen LogP contribution in [0.3, 0.4) is 0 Å². The first-order chi connectivity index (χ1) is 8.24. The molecule has 0 radical (unpaired) electrons. The minimum atomic E-state index is -0.352. The molecule has 1 fully saturated rings. The van der Waals surface area contributed by atoms with Gasteiger partial charge in [-0.3, -0.25) is 9.58 Å². The van der Waals surface area contributed by atoms with Crippen LogP contribution in [0.15, 0.2) is 12.4 Å². The summed E-state index contributed by atoms with van der Waals surface area (Å²) in [6.07, 6.45) is 3.44. The Balaban J connectivity index is 2.10. The zero-order valence-corrected chi connectivity index (χ0v) is 9.91. The minimum Gasteiger partial charge on any atom is -0.361 e. The summed E-state index contributed by atoms with van der Waals surface area (Å²) >= 11 is 0. The number of morpholine rings is 1. The van der Waals surface area contributed by atoms with Crippen LogP contribution in [-0.2, 0) is 11.8 Å². The van der Waals surface area contributed by atoms with Crippen molar-refractivity contribution in [3.8, 4) is 6.07 Å². The predicted molar refractivity (Wildman–Crippen MR) is 61.9 cm³/mol. The second kappa shape index (κ2) is 5.27. The molecule has 1 aromatic heterocycles. The maximum atomic E-state index is 8.89. The Hall–Kier alpha value is -1.42. The van der Waals surface area contributed by atoms with E-state index in [-0.39, 0.29) is 12.1 Å². The largest absolute Gasteiger partial charge is 0.361 e. The van der Waals surface area contributed by atoms with E-state index in [2.05, 4.69) is 16.1 Å². The number of rotatable bonds is 3. The number of nitrogens with zero attached hydrogens (tertiary/aromatic N) is 4. The SMILES string of the molecule is Cn1cc(C(CN)N2CCOC(C#N)C2)cn1. The number of nitriles is 1. The van der Waals surface area contributed by atoms with Gasteiger partial charge in [-0.2, -0.15) is 10.4 Å². The second-order valence-corrected chi connectivity index (χ2v) is 4.18. The number of hydrogen-bond acceptors (Lipinski definition) is 5. The van der Waals surface area contributed by atoms with Gasteiger partial charge in [0.1, 0.15) is 0 Å². The summed E-state index contributed by atoms with van der Waals surface area (Å²) in [5, 5.41) is 13.0. The Morgan fingerprint density at radius 2 is 2.59 bits per heavy atom. The molecule has 6 nitrogen and oxygen atoms in total. The van der Waals surface area contributed by atoms with Crippen LogP contribution in [0.25, 0.3) is 0 Å². The Labute approximate surface area is 101 Å². The lowest BCUT2D eigenvalue weighted by atomic mass is 10.1. The average Bonchev–Trinajstić information content (AvgIpc) is 2.77. The molecule has 0 aromatic carbocycles. The summed E-state index contributed by atoms with van der Waals surface area (Å²) in [4.78, 5) is 2.19. The van der Waals surface area contributed by atoms with Crippen LogP contribution in [0.1, 0.15) is 11.6 Å². The molecule has 2 N–H and O–H groups in total. The van der Waals surface area contributed by atoms with Crippen molar-refractivity contribution in [3.63, 3.8) is 0 Å². The summed E-state index contributed by atoms with van der Waals surface area (Å²) in [6.45, 7) is 2.50. The molecule has 2 heterocycles. The molecule has 1 aromatic rings. The van der Waals surface area contributed by atoms with E-state index in [1.165, 1.54) is 0 Å². The molecule has 1 aliphatic heterocycles. The lowest BCUT2D eigenvalue weighted by Crippen LogP contribution is -2.45. The fraction of sp³-hybridized carbons (Fsp3) is 0.636. The van der Waals surface area contributed by atoms with E-state index in [0.717, 1.165) is 12.1 Å². The highest BCUT2D eigenvalue weighted by atomic mass is 16.5. The van der Waals surface area contributed by atoms with E-state index < -0.39 is 0 Å². The minimum absolute atomic E-state index is 0.114. The van der Waals surface area contributed by atoms with Gasteiger partial charge in [0.15, 0.2) is 6.10 Å². The summed E-state index contributed by atoms with van der Waals surface area (Å²) in [7, 11) is 1.88. The van der Waals surface area contributed by atoms with Crippen LogP contribution in [0.5, 0.6) is 0 Å².